The van der Waals surface area contributed by atoms with Crippen molar-refractivity contribution >= 4 is 15.9 Å². The normalized spacial score (nSPS) is 17.0. The smallest absolute Gasteiger partial charge is 0.251 e. The number of piperidine rings is 1. The van der Waals surface area contributed by atoms with Gasteiger partial charge in [-0.1, -0.05) is 6.92 Å². The molecule has 1 aliphatic rings. The van der Waals surface area contributed by atoms with Crippen LogP contribution < -0.4 is 10.1 Å². The van der Waals surface area contributed by atoms with E-state index in [9.17, 15) is 13.2 Å². The molecule has 23 heavy (non-hydrogen) atoms. The molecule has 2 rings (SSSR count). The minimum atomic E-state index is -3.30. The zero-order valence-corrected chi connectivity index (χ0v) is 14.4. The van der Waals surface area contributed by atoms with Crippen molar-refractivity contribution in [2.24, 2.45) is 5.92 Å². The Kier molecular flexibility index (Phi) is 6.01. The van der Waals surface area contributed by atoms with Crippen molar-refractivity contribution in [1.82, 2.24) is 9.62 Å². The van der Waals surface area contributed by atoms with E-state index in [0.717, 1.165) is 12.8 Å². The van der Waals surface area contributed by atoms with E-state index < -0.39 is 10.0 Å². The first-order valence-corrected chi connectivity index (χ1v) is 9.43. The van der Waals surface area contributed by atoms with Gasteiger partial charge in [-0.25, -0.2) is 12.7 Å². The van der Waals surface area contributed by atoms with Crippen molar-refractivity contribution < 1.29 is 17.9 Å². The Morgan fingerprint density at radius 3 is 2.43 bits per heavy atom. The molecule has 0 spiro atoms. The van der Waals surface area contributed by atoms with Gasteiger partial charge in [-0.05, 0) is 43.0 Å². The van der Waals surface area contributed by atoms with Crippen LogP contribution in [-0.2, 0) is 10.0 Å². The topological polar surface area (TPSA) is 75.7 Å². The highest BCUT2D eigenvalue weighted by Gasteiger charge is 2.26. The number of rotatable bonds is 6. The summed E-state index contributed by atoms with van der Waals surface area (Å²) in [5.41, 5.74) is 0.481. The van der Waals surface area contributed by atoms with Crippen LogP contribution in [0.5, 0.6) is 5.75 Å². The lowest BCUT2D eigenvalue weighted by Crippen LogP contribution is -2.41. The third kappa shape index (κ3) is 4.94. The van der Waals surface area contributed by atoms with Gasteiger partial charge in [0.15, 0.2) is 0 Å². The fourth-order valence-electron chi connectivity index (χ4n) is 2.53. The summed E-state index contributed by atoms with van der Waals surface area (Å²) >= 11 is 0. The summed E-state index contributed by atoms with van der Waals surface area (Å²) in [6, 6.07) is 6.69. The minimum Gasteiger partial charge on any atom is -0.497 e. The van der Waals surface area contributed by atoms with Crippen molar-refractivity contribution in [2.75, 3.05) is 32.5 Å². The first-order valence-electron chi connectivity index (χ1n) is 7.82. The highest BCUT2D eigenvalue weighted by atomic mass is 32.2. The van der Waals surface area contributed by atoms with E-state index >= 15 is 0 Å². The van der Waals surface area contributed by atoms with Crippen LogP contribution in [0.1, 0.15) is 30.1 Å². The molecule has 128 valence electrons. The van der Waals surface area contributed by atoms with Gasteiger partial charge in [-0.3, -0.25) is 4.79 Å². The first kappa shape index (κ1) is 17.7. The Labute approximate surface area is 137 Å². The molecular weight excluding hydrogens is 316 g/mol. The standard InChI is InChI=1S/C16H24N2O4S/c1-13-7-10-18(11-8-13)23(20,21)12-9-17-16(19)14-3-5-15(22-2)6-4-14/h3-6,13H,7-12H2,1-2H3,(H,17,19). The average molecular weight is 340 g/mol. The molecule has 0 aromatic heterocycles. The van der Waals surface area contributed by atoms with Gasteiger partial charge in [-0.2, -0.15) is 0 Å². The summed E-state index contributed by atoms with van der Waals surface area (Å²) < 4.78 is 31.1. The van der Waals surface area contributed by atoms with Crippen LogP contribution >= 0.6 is 0 Å². The molecule has 0 aliphatic carbocycles. The van der Waals surface area contributed by atoms with E-state index in [1.807, 2.05) is 0 Å². The van der Waals surface area contributed by atoms with Gasteiger partial charge < -0.3 is 10.1 Å². The van der Waals surface area contributed by atoms with Crippen molar-refractivity contribution in [3.05, 3.63) is 29.8 Å². The molecule has 1 aromatic carbocycles. The van der Waals surface area contributed by atoms with Gasteiger partial charge in [0.05, 0.1) is 12.9 Å². The molecule has 0 atom stereocenters. The molecule has 6 nitrogen and oxygen atoms in total. The zero-order chi connectivity index (χ0) is 16.9. The summed E-state index contributed by atoms with van der Waals surface area (Å²) in [4.78, 5) is 12.0. The predicted octanol–water partition coefficient (Wildman–Crippen LogP) is 1.49. The number of carbonyl (C=O) groups is 1. The molecule has 1 saturated heterocycles. The Morgan fingerprint density at radius 2 is 1.87 bits per heavy atom. The Morgan fingerprint density at radius 1 is 1.26 bits per heavy atom. The van der Waals surface area contributed by atoms with Gasteiger partial charge in [0, 0.05) is 25.2 Å². The second kappa shape index (κ2) is 7.79. The zero-order valence-electron chi connectivity index (χ0n) is 13.6. The maximum absolute atomic E-state index is 12.3. The third-order valence-electron chi connectivity index (χ3n) is 4.13. The van der Waals surface area contributed by atoms with Crippen LogP contribution in [0.4, 0.5) is 0 Å². The molecule has 1 N–H and O–H groups in total. The number of nitrogens with zero attached hydrogens (tertiary/aromatic N) is 1. The molecule has 0 saturated carbocycles. The number of sulfonamides is 1. The Bertz CT molecular complexity index is 620. The molecule has 0 unspecified atom stereocenters. The molecule has 7 heteroatoms. The lowest BCUT2D eigenvalue weighted by molar-refractivity contribution is 0.0956. The van der Waals surface area contributed by atoms with E-state index in [-0.39, 0.29) is 18.2 Å². The highest BCUT2D eigenvalue weighted by molar-refractivity contribution is 7.89. The lowest BCUT2D eigenvalue weighted by atomic mass is 10.0. The van der Waals surface area contributed by atoms with E-state index in [4.69, 9.17) is 4.74 Å². The number of ether oxygens (including phenoxy) is 1. The summed E-state index contributed by atoms with van der Waals surface area (Å²) in [5.74, 6) is 0.901. The molecule has 0 bridgehead atoms. The first-order chi connectivity index (χ1) is 10.9. The summed E-state index contributed by atoms with van der Waals surface area (Å²) in [6.07, 6.45) is 1.80. The number of benzene rings is 1. The number of methoxy groups -OCH3 is 1. The fourth-order valence-corrected chi connectivity index (χ4v) is 3.92. The molecule has 1 amide bonds. The number of nitrogens with one attached hydrogen (secondary N) is 1. The number of carbonyl (C=O) groups excluding carboxylic acids is 1. The summed E-state index contributed by atoms with van der Waals surface area (Å²) in [5, 5.41) is 2.65. The molecule has 0 radical (unpaired) electrons. The van der Waals surface area contributed by atoms with Crippen LogP contribution in [-0.4, -0.2) is 51.1 Å². The predicted molar refractivity (Wildman–Crippen MR) is 89.1 cm³/mol. The molecule has 1 aromatic rings. The molecule has 1 heterocycles. The average Bonchev–Trinajstić information content (AvgIpc) is 2.55. The van der Waals surface area contributed by atoms with E-state index in [1.165, 1.54) is 4.31 Å². The van der Waals surface area contributed by atoms with Crippen LogP contribution in [0.15, 0.2) is 24.3 Å². The van der Waals surface area contributed by atoms with Crippen LogP contribution in [0.3, 0.4) is 0 Å². The largest absolute Gasteiger partial charge is 0.497 e. The maximum atomic E-state index is 12.3. The quantitative estimate of drug-likeness (QED) is 0.851. The van der Waals surface area contributed by atoms with Crippen LogP contribution in [0.25, 0.3) is 0 Å². The van der Waals surface area contributed by atoms with Gasteiger partial charge in [0.2, 0.25) is 10.0 Å². The second-order valence-corrected chi connectivity index (χ2v) is 7.97. The molecule has 1 fully saturated rings. The van der Waals surface area contributed by atoms with Crippen molar-refractivity contribution in [3.8, 4) is 5.75 Å². The summed E-state index contributed by atoms with van der Waals surface area (Å²) in [6.45, 7) is 3.41. The van der Waals surface area contributed by atoms with Crippen molar-refractivity contribution in [1.29, 1.82) is 0 Å². The van der Waals surface area contributed by atoms with Crippen molar-refractivity contribution in [2.45, 2.75) is 19.8 Å². The van der Waals surface area contributed by atoms with Gasteiger partial charge in [0.1, 0.15) is 5.75 Å². The second-order valence-electron chi connectivity index (χ2n) is 5.88. The van der Waals surface area contributed by atoms with Gasteiger partial charge in [0.25, 0.3) is 5.91 Å². The Balaban J connectivity index is 1.82. The monoisotopic (exact) mass is 340 g/mol. The van der Waals surface area contributed by atoms with Crippen LogP contribution in [0, 0.1) is 5.92 Å². The summed E-state index contributed by atoms with van der Waals surface area (Å²) in [7, 11) is -1.74. The van der Waals surface area contributed by atoms with E-state index in [1.54, 1.807) is 31.4 Å². The fraction of sp³-hybridized carbons (Fsp3) is 0.562. The molecular formula is C16H24N2O4S. The van der Waals surface area contributed by atoms with Crippen molar-refractivity contribution in [3.63, 3.8) is 0 Å². The number of hydrogen-bond acceptors (Lipinski definition) is 4. The number of amides is 1. The highest BCUT2D eigenvalue weighted by Crippen LogP contribution is 2.18. The number of hydrogen-bond donors (Lipinski definition) is 1. The Hall–Kier alpha value is -1.60. The lowest BCUT2D eigenvalue weighted by Gasteiger charge is -2.29. The van der Waals surface area contributed by atoms with Crippen LogP contribution in [0.2, 0.25) is 0 Å². The molecule has 1 aliphatic heterocycles. The maximum Gasteiger partial charge on any atom is 0.251 e. The minimum absolute atomic E-state index is 0.0662. The van der Waals surface area contributed by atoms with Gasteiger partial charge >= 0.3 is 0 Å². The van der Waals surface area contributed by atoms with E-state index in [2.05, 4.69) is 12.2 Å². The van der Waals surface area contributed by atoms with Gasteiger partial charge in [-0.15, -0.1) is 0 Å². The third-order valence-corrected chi connectivity index (χ3v) is 6.01. The SMILES string of the molecule is COc1ccc(C(=O)NCCS(=O)(=O)N2CCC(C)CC2)cc1. The van der Waals surface area contributed by atoms with E-state index in [0.29, 0.717) is 30.3 Å².